The highest BCUT2D eigenvalue weighted by molar-refractivity contribution is 6.17. The van der Waals surface area contributed by atoms with Crippen molar-refractivity contribution in [3.8, 4) is 67.5 Å². The van der Waals surface area contributed by atoms with Crippen molar-refractivity contribution in [2.24, 2.45) is 0 Å². The lowest BCUT2D eigenvalue weighted by atomic mass is 9.90. The first-order chi connectivity index (χ1) is 31.2. The molecule has 0 amide bonds. The predicted octanol–water partition coefficient (Wildman–Crippen LogP) is 15.6. The van der Waals surface area contributed by atoms with E-state index >= 15 is 0 Å². The van der Waals surface area contributed by atoms with Crippen molar-refractivity contribution < 1.29 is 13.3 Å². The molecule has 0 saturated heterocycles. The van der Waals surface area contributed by atoms with E-state index in [0.717, 1.165) is 116 Å². The summed E-state index contributed by atoms with van der Waals surface area (Å²) in [4.78, 5) is 15.2. The molecule has 4 aromatic heterocycles. The Balaban J connectivity index is 0.946. The molecular weight excluding hydrogens is 775 g/mol. The fourth-order valence-electron chi connectivity index (χ4n) is 9.31. The van der Waals surface area contributed by atoms with Crippen LogP contribution in [0.2, 0.25) is 0 Å². The third kappa shape index (κ3) is 5.69. The van der Waals surface area contributed by atoms with E-state index in [0.29, 0.717) is 17.5 Å². The van der Waals surface area contributed by atoms with E-state index in [-0.39, 0.29) is 0 Å². The number of benzene rings is 9. The topological polar surface area (TPSA) is 78.1 Å². The minimum absolute atomic E-state index is 0.545. The highest BCUT2D eigenvalue weighted by Gasteiger charge is 2.21. The lowest BCUT2D eigenvalue weighted by Gasteiger charge is -2.12. The van der Waals surface area contributed by atoms with E-state index in [1.807, 2.05) is 84.9 Å². The van der Waals surface area contributed by atoms with Crippen molar-refractivity contribution >= 4 is 65.8 Å². The summed E-state index contributed by atoms with van der Waals surface area (Å²) in [5, 5.41) is 6.38. The number of hydrogen-bond acceptors (Lipinski definition) is 6. The summed E-state index contributed by atoms with van der Waals surface area (Å²) in [6.07, 6.45) is 0. The van der Waals surface area contributed by atoms with Gasteiger partial charge in [0.05, 0.1) is 0 Å². The Morgan fingerprint density at radius 2 is 0.619 bits per heavy atom. The van der Waals surface area contributed by atoms with Gasteiger partial charge in [-0.05, 0) is 81.9 Å². The molecule has 9 aromatic carbocycles. The molecule has 0 fully saturated rings. The molecule has 13 aromatic rings. The van der Waals surface area contributed by atoms with E-state index in [1.165, 1.54) is 0 Å². The number of nitrogens with zero attached hydrogens (tertiary/aromatic N) is 3. The molecule has 0 unspecified atom stereocenters. The summed E-state index contributed by atoms with van der Waals surface area (Å²) in [6, 6.07) is 68.6. The molecule has 13 rings (SSSR count). The third-order valence-corrected chi connectivity index (χ3v) is 12.2. The SMILES string of the molecule is c1ccc(-c2nc(-c3ccc4c(c3)oc3cccc(-c5ccccc5)c34)nc(-c3ccc4c(c3)oc3cccc(-c5ccccc5-c5cccc6oc7ccccc7c56)c34)n2)cc1. The Kier molecular flexibility index (Phi) is 7.80. The van der Waals surface area contributed by atoms with Crippen LogP contribution in [-0.4, -0.2) is 15.0 Å². The molecule has 294 valence electrons. The van der Waals surface area contributed by atoms with Crippen LogP contribution in [-0.2, 0) is 0 Å². The zero-order valence-corrected chi connectivity index (χ0v) is 33.6. The number of fused-ring (bicyclic) bond motifs is 9. The van der Waals surface area contributed by atoms with Gasteiger partial charge in [0.1, 0.15) is 33.5 Å². The molecule has 0 atom stereocenters. The van der Waals surface area contributed by atoms with Crippen molar-refractivity contribution in [1.82, 2.24) is 15.0 Å². The first-order valence-electron chi connectivity index (χ1n) is 21.0. The molecule has 6 nitrogen and oxygen atoms in total. The minimum Gasteiger partial charge on any atom is -0.456 e. The summed E-state index contributed by atoms with van der Waals surface area (Å²) >= 11 is 0. The maximum absolute atomic E-state index is 6.69. The monoisotopic (exact) mass is 807 g/mol. The number of rotatable bonds is 6. The van der Waals surface area contributed by atoms with Crippen molar-refractivity contribution in [2.45, 2.75) is 0 Å². The average molecular weight is 808 g/mol. The van der Waals surface area contributed by atoms with Gasteiger partial charge in [-0.2, -0.15) is 0 Å². The number of hydrogen-bond donors (Lipinski definition) is 0. The molecule has 0 radical (unpaired) electrons. The Labute approximate surface area is 360 Å². The van der Waals surface area contributed by atoms with Gasteiger partial charge in [-0.1, -0.05) is 152 Å². The lowest BCUT2D eigenvalue weighted by molar-refractivity contribution is 0.668. The van der Waals surface area contributed by atoms with Crippen LogP contribution < -0.4 is 0 Å². The van der Waals surface area contributed by atoms with Crippen LogP contribution >= 0.6 is 0 Å². The van der Waals surface area contributed by atoms with Gasteiger partial charge in [-0.15, -0.1) is 0 Å². The van der Waals surface area contributed by atoms with E-state index in [9.17, 15) is 0 Å². The van der Waals surface area contributed by atoms with Crippen molar-refractivity contribution in [3.05, 3.63) is 200 Å². The van der Waals surface area contributed by atoms with Crippen LogP contribution in [0.3, 0.4) is 0 Å². The highest BCUT2D eigenvalue weighted by atomic mass is 16.3. The molecule has 63 heavy (non-hydrogen) atoms. The first-order valence-corrected chi connectivity index (χ1v) is 21.0. The number of furan rings is 3. The molecule has 0 bridgehead atoms. The maximum atomic E-state index is 6.69. The smallest absolute Gasteiger partial charge is 0.164 e. The van der Waals surface area contributed by atoms with Crippen LogP contribution in [0.15, 0.2) is 213 Å². The molecule has 0 aliphatic rings. The first kappa shape index (κ1) is 35.2. The zero-order chi connectivity index (χ0) is 41.4. The molecule has 6 heteroatoms. The van der Waals surface area contributed by atoms with Crippen LogP contribution in [0.4, 0.5) is 0 Å². The van der Waals surface area contributed by atoms with E-state index in [1.54, 1.807) is 0 Å². The molecule has 0 spiro atoms. The van der Waals surface area contributed by atoms with E-state index in [2.05, 4.69) is 115 Å². The van der Waals surface area contributed by atoms with Gasteiger partial charge in [0.15, 0.2) is 17.5 Å². The standard InChI is InChI=1S/C57H33N3O3/c1-3-14-34(15-4-1)38-21-11-25-47-52(38)44-30-28-36(32-50(44)62-47)56-58-55(35-16-5-2-6-17-35)59-57(60-56)37-29-31-45-51(33-37)63-49-27-13-23-42(54(45)49)40-19-8-7-18-39(40)41-22-12-26-48-53(41)43-20-9-10-24-46(43)61-48/h1-33H. The van der Waals surface area contributed by atoms with Gasteiger partial charge in [0.25, 0.3) is 0 Å². The van der Waals surface area contributed by atoms with Gasteiger partial charge >= 0.3 is 0 Å². The normalized spacial score (nSPS) is 11.8. The summed E-state index contributed by atoms with van der Waals surface area (Å²) in [6.45, 7) is 0. The molecule has 0 N–H and O–H groups in total. The largest absolute Gasteiger partial charge is 0.456 e. The quantitative estimate of drug-likeness (QED) is 0.166. The summed E-state index contributed by atoms with van der Waals surface area (Å²) in [5.74, 6) is 1.67. The number of para-hydroxylation sites is 1. The van der Waals surface area contributed by atoms with Gasteiger partial charge < -0.3 is 13.3 Å². The molecule has 0 aliphatic carbocycles. The number of aromatic nitrogens is 3. The average Bonchev–Trinajstić information content (AvgIpc) is 4.05. The molecule has 0 saturated carbocycles. The summed E-state index contributed by atoms with van der Waals surface area (Å²) in [5.41, 5.74) is 14.2. The van der Waals surface area contributed by atoms with Gasteiger partial charge in [0, 0.05) is 49.0 Å². The second-order valence-electron chi connectivity index (χ2n) is 15.8. The predicted molar refractivity (Wildman–Crippen MR) is 254 cm³/mol. The zero-order valence-electron chi connectivity index (χ0n) is 33.6. The van der Waals surface area contributed by atoms with Crippen molar-refractivity contribution in [3.63, 3.8) is 0 Å². The maximum Gasteiger partial charge on any atom is 0.164 e. The van der Waals surface area contributed by atoms with Crippen LogP contribution in [0.25, 0.3) is 133 Å². The Bertz CT molecular complexity index is 3920. The molecule has 4 heterocycles. The van der Waals surface area contributed by atoms with Gasteiger partial charge in [-0.25, -0.2) is 15.0 Å². The third-order valence-electron chi connectivity index (χ3n) is 12.2. The van der Waals surface area contributed by atoms with Crippen LogP contribution in [0.5, 0.6) is 0 Å². The van der Waals surface area contributed by atoms with E-state index in [4.69, 9.17) is 28.2 Å². The Hall–Kier alpha value is -8.61. The fraction of sp³-hybridized carbons (Fsp3) is 0. The second-order valence-corrected chi connectivity index (χ2v) is 15.8. The molecular formula is C57H33N3O3. The minimum atomic E-state index is 0.545. The molecule has 0 aliphatic heterocycles. The Morgan fingerprint density at radius 3 is 1.17 bits per heavy atom. The highest BCUT2D eigenvalue weighted by Crippen LogP contribution is 2.45. The summed E-state index contributed by atoms with van der Waals surface area (Å²) in [7, 11) is 0. The van der Waals surface area contributed by atoms with Gasteiger partial charge in [0.2, 0.25) is 0 Å². The fourth-order valence-corrected chi connectivity index (χ4v) is 9.31. The van der Waals surface area contributed by atoms with E-state index < -0.39 is 0 Å². The summed E-state index contributed by atoms with van der Waals surface area (Å²) < 4.78 is 19.5. The van der Waals surface area contributed by atoms with Crippen molar-refractivity contribution in [2.75, 3.05) is 0 Å². The van der Waals surface area contributed by atoms with Crippen molar-refractivity contribution in [1.29, 1.82) is 0 Å². The Morgan fingerprint density at radius 1 is 0.238 bits per heavy atom. The second kappa shape index (κ2) is 14.0. The van der Waals surface area contributed by atoms with Gasteiger partial charge in [-0.3, -0.25) is 0 Å². The van der Waals surface area contributed by atoms with Crippen LogP contribution in [0.1, 0.15) is 0 Å². The van der Waals surface area contributed by atoms with Crippen LogP contribution in [0, 0.1) is 0 Å². The lowest BCUT2D eigenvalue weighted by Crippen LogP contribution is -2.00.